The average Bonchev–Trinajstić information content (AvgIpc) is 2.96. The van der Waals surface area contributed by atoms with Gasteiger partial charge in [-0.25, -0.2) is 0 Å². The number of hydrogen-bond acceptors (Lipinski definition) is 1. The third kappa shape index (κ3) is 1.81. The van der Waals surface area contributed by atoms with Crippen LogP contribution in [0.2, 0.25) is 0 Å². The Bertz CT molecular complexity index is 449. The van der Waals surface area contributed by atoms with Gasteiger partial charge in [-0.15, -0.1) is 0 Å². The zero-order chi connectivity index (χ0) is 12.3. The summed E-state index contributed by atoms with van der Waals surface area (Å²) in [6, 6.07) is 7.07. The van der Waals surface area contributed by atoms with Crippen molar-refractivity contribution in [3.8, 4) is 0 Å². The first kappa shape index (κ1) is 11.3. The maximum absolute atomic E-state index is 2.65. The highest BCUT2D eigenvalue weighted by atomic mass is 15.2. The smallest absolute Gasteiger partial charge is 0.0242 e. The standard InChI is InChI=1S/C16H23N/c1-12-5-6-14-13(9-12)10-17(15(2,3)4)11-16(14)7-8-16/h5-6,9H,7-8,10-11H2,1-4H3. The van der Waals surface area contributed by atoms with Crippen LogP contribution in [0.1, 0.15) is 50.3 Å². The van der Waals surface area contributed by atoms with Crippen LogP contribution in [0.25, 0.3) is 0 Å². The van der Waals surface area contributed by atoms with E-state index in [0.717, 1.165) is 6.54 Å². The predicted molar refractivity (Wildman–Crippen MR) is 72.3 cm³/mol. The van der Waals surface area contributed by atoms with Gasteiger partial charge in [0.05, 0.1) is 0 Å². The van der Waals surface area contributed by atoms with Crippen molar-refractivity contribution in [2.75, 3.05) is 6.54 Å². The molecule has 0 amide bonds. The summed E-state index contributed by atoms with van der Waals surface area (Å²) in [6.45, 7) is 11.6. The van der Waals surface area contributed by atoms with Crippen molar-refractivity contribution in [2.24, 2.45) is 0 Å². The molecule has 0 saturated heterocycles. The van der Waals surface area contributed by atoms with E-state index in [0.29, 0.717) is 5.41 Å². The van der Waals surface area contributed by atoms with Gasteiger partial charge in [-0.05, 0) is 51.7 Å². The minimum absolute atomic E-state index is 0.289. The quantitative estimate of drug-likeness (QED) is 0.656. The molecular formula is C16H23N. The van der Waals surface area contributed by atoms with Gasteiger partial charge in [-0.3, -0.25) is 4.90 Å². The van der Waals surface area contributed by atoms with Crippen LogP contribution in [0.15, 0.2) is 18.2 Å². The summed E-state index contributed by atoms with van der Waals surface area (Å²) in [5.74, 6) is 0. The van der Waals surface area contributed by atoms with Gasteiger partial charge in [0.25, 0.3) is 0 Å². The number of aryl methyl sites for hydroxylation is 1. The summed E-state index contributed by atoms with van der Waals surface area (Å²) in [6.07, 6.45) is 2.77. The molecule has 1 aliphatic heterocycles. The van der Waals surface area contributed by atoms with Crippen molar-refractivity contribution in [3.63, 3.8) is 0 Å². The molecule has 0 atom stereocenters. The Balaban J connectivity index is 2.03. The van der Waals surface area contributed by atoms with Gasteiger partial charge >= 0.3 is 0 Å². The van der Waals surface area contributed by atoms with Gasteiger partial charge < -0.3 is 0 Å². The first-order valence-electron chi connectivity index (χ1n) is 6.76. The summed E-state index contributed by atoms with van der Waals surface area (Å²) in [5.41, 5.74) is 5.41. The Morgan fingerprint density at radius 1 is 1.18 bits per heavy atom. The normalized spacial score (nSPS) is 22.6. The topological polar surface area (TPSA) is 3.24 Å². The molecule has 1 heteroatoms. The Kier molecular flexibility index (Phi) is 2.22. The minimum atomic E-state index is 0.289. The van der Waals surface area contributed by atoms with Gasteiger partial charge in [-0.2, -0.15) is 0 Å². The van der Waals surface area contributed by atoms with Crippen molar-refractivity contribution in [1.82, 2.24) is 4.90 Å². The monoisotopic (exact) mass is 229 g/mol. The molecule has 1 aromatic rings. The molecule has 2 aliphatic rings. The van der Waals surface area contributed by atoms with E-state index >= 15 is 0 Å². The fourth-order valence-electron chi connectivity index (χ4n) is 3.14. The fraction of sp³-hybridized carbons (Fsp3) is 0.625. The molecule has 3 rings (SSSR count). The SMILES string of the molecule is Cc1ccc2c(c1)CN(C(C)(C)C)CC21CC1. The molecular weight excluding hydrogens is 206 g/mol. The second kappa shape index (κ2) is 3.35. The Morgan fingerprint density at radius 2 is 1.88 bits per heavy atom. The van der Waals surface area contributed by atoms with Crippen LogP contribution in [0.3, 0.4) is 0 Å². The Morgan fingerprint density at radius 3 is 2.47 bits per heavy atom. The van der Waals surface area contributed by atoms with Gasteiger partial charge in [0.15, 0.2) is 0 Å². The largest absolute Gasteiger partial charge is 0.293 e. The predicted octanol–water partition coefficient (Wildman–Crippen LogP) is 3.64. The third-order valence-electron chi connectivity index (χ3n) is 4.49. The van der Waals surface area contributed by atoms with Crippen LogP contribution in [-0.4, -0.2) is 17.0 Å². The van der Waals surface area contributed by atoms with E-state index in [1.807, 2.05) is 0 Å². The highest BCUT2D eigenvalue weighted by Crippen LogP contribution is 2.53. The van der Waals surface area contributed by atoms with Crippen LogP contribution in [0.4, 0.5) is 0 Å². The van der Waals surface area contributed by atoms with Crippen molar-refractivity contribution < 1.29 is 0 Å². The van der Waals surface area contributed by atoms with Crippen molar-refractivity contribution in [3.05, 3.63) is 34.9 Å². The maximum Gasteiger partial charge on any atom is 0.0242 e. The van der Waals surface area contributed by atoms with Crippen LogP contribution in [0, 0.1) is 6.92 Å². The van der Waals surface area contributed by atoms with E-state index in [2.05, 4.69) is 50.8 Å². The van der Waals surface area contributed by atoms with Gasteiger partial charge in [0.2, 0.25) is 0 Å². The van der Waals surface area contributed by atoms with Crippen molar-refractivity contribution in [1.29, 1.82) is 0 Å². The molecule has 0 bridgehead atoms. The van der Waals surface area contributed by atoms with Crippen LogP contribution >= 0.6 is 0 Å². The number of rotatable bonds is 0. The number of nitrogens with zero attached hydrogens (tertiary/aromatic N) is 1. The maximum atomic E-state index is 2.65. The molecule has 1 spiro atoms. The molecule has 1 nitrogen and oxygen atoms in total. The lowest BCUT2D eigenvalue weighted by Crippen LogP contribution is -2.48. The van der Waals surface area contributed by atoms with E-state index in [1.54, 1.807) is 11.1 Å². The minimum Gasteiger partial charge on any atom is -0.293 e. The molecule has 0 unspecified atom stereocenters. The second-order valence-electron chi connectivity index (χ2n) is 6.97. The van der Waals surface area contributed by atoms with Crippen molar-refractivity contribution >= 4 is 0 Å². The first-order valence-corrected chi connectivity index (χ1v) is 6.76. The van der Waals surface area contributed by atoms with Gasteiger partial charge in [0, 0.05) is 24.0 Å². The van der Waals surface area contributed by atoms with Crippen molar-refractivity contribution in [2.45, 2.75) is 58.0 Å². The average molecular weight is 229 g/mol. The molecule has 1 aliphatic carbocycles. The van der Waals surface area contributed by atoms with E-state index in [9.17, 15) is 0 Å². The van der Waals surface area contributed by atoms with E-state index in [-0.39, 0.29) is 5.54 Å². The first-order chi connectivity index (χ1) is 7.91. The summed E-state index contributed by atoms with van der Waals surface area (Å²) >= 11 is 0. The summed E-state index contributed by atoms with van der Waals surface area (Å²) in [4.78, 5) is 2.65. The lowest BCUT2D eigenvalue weighted by atomic mass is 9.84. The van der Waals surface area contributed by atoms with Gasteiger partial charge in [-0.1, -0.05) is 23.8 Å². The summed E-state index contributed by atoms with van der Waals surface area (Å²) in [7, 11) is 0. The Labute approximate surface area is 105 Å². The lowest BCUT2D eigenvalue weighted by Gasteiger charge is -2.43. The highest BCUT2D eigenvalue weighted by molar-refractivity contribution is 5.43. The highest BCUT2D eigenvalue weighted by Gasteiger charge is 2.50. The molecule has 0 radical (unpaired) electrons. The van der Waals surface area contributed by atoms with Gasteiger partial charge in [0.1, 0.15) is 0 Å². The van der Waals surface area contributed by atoms with Crippen LogP contribution < -0.4 is 0 Å². The molecule has 1 fully saturated rings. The molecule has 1 heterocycles. The van der Waals surface area contributed by atoms with E-state index in [4.69, 9.17) is 0 Å². The number of benzene rings is 1. The zero-order valence-electron chi connectivity index (χ0n) is 11.5. The summed E-state index contributed by atoms with van der Waals surface area (Å²) < 4.78 is 0. The molecule has 0 aromatic heterocycles. The second-order valence-corrected chi connectivity index (χ2v) is 6.97. The number of hydrogen-bond donors (Lipinski definition) is 0. The molecule has 17 heavy (non-hydrogen) atoms. The third-order valence-corrected chi connectivity index (χ3v) is 4.49. The zero-order valence-corrected chi connectivity index (χ0v) is 11.5. The lowest BCUT2D eigenvalue weighted by molar-refractivity contribution is 0.102. The molecule has 1 saturated carbocycles. The van der Waals surface area contributed by atoms with Crippen LogP contribution in [-0.2, 0) is 12.0 Å². The fourth-order valence-corrected chi connectivity index (χ4v) is 3.14. The Hall–Kier alpha value is -0.820. The van der Waals surface area contributed by atoms with E-state index < -0.39 is 0 Å². The van der Waals surface area contributed by atoms with Crippen LogP contribution in [0.5, 0.6) is 0 Å². The molecule has 1 aromatic carbocycles. The molecule has 92 valence electrons. The van der Waals surface area contributed by atoms with E-state index in [1.165, 1.54) is 24.9 Å². The summed E-state index contributed by atoms with van der Waals surface area (Å²) in [5, 5.41) is 0. The molecule has 0 N–H and O–H groups in total. The number of fused-ring (bicyclic) bond motifs is 2.